The van der Waals surface area contributed by atoms with E-state index in [1.165, 1.54) is 4.90 Å². The fourth-order valence-electron chi connectivity index (χ4n) is 2.86. The zero-order valence-electron chi connectivity index (χ0n) is 15.9. The Morgan fingerprint density at radius 2 is 2.07 bits per heavy atom. The SMILES string of the molecule is Cn1nncc1CNc1nc(C(C)(C)C)nc(N2CCC(F)(F)C2)c1C=N. The molecule has 0 radical (unpaired) electrons. The van der Waals surface area contributed by atoms with Crippen molar-refractivity contribution in [2.45, 2.75) is 45.1 Å². The lowest BCUT2D eigenvalue weighted by atomic mass is 9.95. The second-order valence-corrected chi connectivity index (χ2v) is 7.76. The summed E-state index contributed by atoms with van der Waals surface area (Å²) in [7, 11) is 1.78. The van der Waals surface area contributed by atoms with Crippen LogP contribution >= 0.6 is 0 Å². The molecule has 0 aromatic carbocycles. The summed E-state index contributed by atoms with van der Waals surface area (Å²) in [6.07, 6.45) is 2.52. The fraction of sp³-hybridized carbons (Fsp3) is 0.588. The van der Waals surface area contributed by atoms with E-state index in [1.54, 1.807) is 17.9 Å². The average Bonchev–Trinajstić information content (AvgIpc) is 3.16. The van der Waals surface area contributed by atoms with Gasteiger partial charge >= 0.3 is 0 Å². The maximum Gasteiger partial charge on any atom is 0.266 e. The zero-order valence-corrected chi connectivity index (χ0v) is 15.9. The van der Waals surface area contributed by atoms with E-state index < -0.39 is 12.5 Å². The summed E-state index contributed by atoms with van der Waals surface area (Å²) in [6.45, 7) is 6.07. The van der Waals surface area contributed by atoms with E-state index in [0.717, 1.165) is 11.9 Å². The number of aromatic nitrogens is 5. The van der Waals surface area contributed by atoms with E-state index in [0.29, 0.717) is 29.6 Å². The number of rotatable bonds is 5. The Morgan fingerprint density at radius 3 is 2.59 bits per heavy atom. The topological polar surface area (TPSA) is 95.6 Å². The average molecular weight is 378 g/mol. The second kappa shape index (κ2) is 6.82. The fourth-order valence-corrected chi connectivity index (χ4v) is 2.86. The number of anilines is 2. The third-order valence-corrected chi connectivity index (χ3v) is 4.46. The lowest BCUT2D eigenvalue weighted by Gasteiger charge is -2.25. The van der Waals surface area contributed by atoms with E-state index >= 15 is 0 Å². The number of halogens is 2. The van der Waals surface area contributed by atoms with Gasteiger partial charge < -0.3 is 15.6 Å². The molecular weight excluding hydrogens is 354 g/mol. The molecule has 1 saturated heterocycles. The molecule has 27 heavy (non-hydrogen) atoms. The van der Waals surface area contributed by atoms with Crippen molar-refractivity contribution in [2.75, 3.05) is 23.3 Å². The molecule has 0 unspecified atom stereocenters. The van der Waals surface area contributed by atoms with Crippen LogP contribution in [-0.2, 0) is 19.0 Å². The van der Waals surface area contributed by atoms with Crippen LogP contribution in [0, 0.1) is 5.41 Å². The van der Waals surface area contributed by atoms with Crippen LogP contribution in [0.5, 0.6) is 0 Å². The summed E-state index contributed by atoms with van der Waals surface area (Å²) in [5.74, 6) is -1.41. The normalized spacial score (nSPS) is 16.6. The number of nitrogens with one attached hydrogen (secondary N) is 2. The van der Waals surface area contributed by atoms with Crippen LogP contribution in [-0.4, -0.2) is 50.2 Å². The molecule has 0 spiro atoms. The minimum absolute atomic E-state index is 0.194. The van der Waals surface area contributed by atoms with Crippen molar-refractivity contribution < 1.29 is 8.78 Å². The molecule has 0 aliphatic carbocycles. The van der Waals surface area contributed by atoms with Crippen molar-refractivity contribution in [3.8, 4) is 0 Å². The molecule has 0 atom stereocenters. The summed E-state index contributed by atoms with van der Waals surface area (Å²) >= 11 is 0. The molecule has 3 rings (SSSR count). The van der Waals surface area contributed by atoms with Crippen LogP contribution in [0.15, 0.2) is 6.20 Å². The Hall–Kier alpha value is -2.65. The van der Waals surface area contributed by atoms with Crippen molar-refractivity contribution in [3.63, 3.8) is 0 Å². The predicted octanol–water partition coefficient (Wildman–Crippen LogP) is 2.36. The molecule has 0 saturated carbocycles. The Balaban J connectivity index is 2.01. The highest BCUT2D eigenvalue weighted by Gasteiger charge is 2.40. The largest absolute Gasteiger partial charge is 0.364 e. The molecule has 3 heterocycles. The summed E-state index contributed by atoms with van der Waals surface area (Å²) in [4.78, 5) is 10.7. The molecule has 8 nitrogen and oxygen atoms in total. The van der Waals surface area contributed by atoms with Crippen LogP contribution in [0.2, 0.25) is 0 Å². The summed E-state index contributed by atoms with van der Waals surface area (Å²) in [5.41, 5.74) is 0.856. The van der Waals surface area contributed by atoms with Gasteiger partial charge in [0.2, 0.25) is 0 Å². The van der Waals surface area contributed by atoms with Crippen molar-refractivity contribution in [2.24, 2.45) is 7.05 Å². The van der Waals surface area contributed by atoms with E-state index in [9.17, 15) is 8.78 Å². The number of aryl methyl sites for hydroxylation is 1. The van der Waals surface area contributed by atoms with Gasteiger partial charge in [-0.25, -0.2) is 18.7 Å². The van der Waals surface area contributed by atoms with Gasteiger partial charge in [0.1, 0.15) is 17.5 Å². The number of alkyl halides is 2. The van der Waals surface area contributed by atoms with Gasteiger partial charge in [0.05, 0.1) is 30.5 Å². The van der Waals surface area contributed by atoms with E-state index in [4.69, 9.17) is 5.41 Å². The first kappa shape index (κ1) is 19.1. The minimum atomic E-state index is -2.75. The maximum atomic E-state index is 13.8. The third-order valence-electron chi connectivity index (χ3n) is 4.46. The Labute approximate surface area is 156 Å². The first-order valence-electron chi connectivity index (χ1n) is 8.74. The molecule has 0 bridgehead atoms. The quantitative estimate of drug-likeness (QED) is 0.776. The van der Waals surface area contributed by atoms with Gasteiger partial charge in [-0.15, -0.1) is 5.10 Å². The van der Waals surface area contributed by atoms with Crippen LogP contribution in [0.4, 0.5) is 20.4 Å². The van der Waals surface area contributed by atoms with Gasteiger partial charge in [-0.3, -0.25) is 4.68 Å². The minimum Gasteiger partial charge on any atom is -0.364 e. The molecule has 2 N–H and O–H groups in total. The van der Waals surface area contributed by atoms with Crippen LogP contribution in [0.3, 0.4) is 0 Å². The lowest BCUT2D eigenvalue weighted by Crippen LogP contribution is -2.29. The van der Waals surface area contributed by atoms with E-state index in [-0.39, 0.29) is 18.4 Å². The molecular formula is C17H24F2N8. The monoisotopic (exact) mass is 378 g/mol. The lowest BCUT2D eigenvalue weighted by molar-refractivity contribution is 0.0256. The third kappa shape index (κ3) is 4.04. The van der Waals surface area contributed by atoms with Gasteiger partial charge in [-0.2, -0.15) is 0 Å². The van der Waals surface area contributed by atoms with Crippen LogP contribution < -0.4 is 10.2 Å². The molecule has 2 aromatic rings. The molecule has 146 valence electrons. The number of hydrogen-bond donors (Lipinski definition) is 2. The van der Waals surface area contributed by atoms with Gasteiger partial charge in [-0.05, 0) is 0 Å². The summed E-state index contributed by atoms with van der Waals surface area (Å²) < 4.78 is 29.1. The highest BCUT2D eigenvalue weighted by molar-refractivity contribution is 5.91. The molecule has 10 heteroatoms. The molecule has 1 fully saturated rings. The van der Waals surface area contributed by atoms with Gasteiger partial charge in [-0.1, -0.05) is 26.0 Å². The Bertz CT molecular complexity index is 840. The predicted molar refractivity (Wildman–Crippen MR) is 98.7 cm³/mol. The Morgan fingerprint density at radius 1 is 1.33 bits per heavy atom. The van der Waals surface area contributed by atoms with Crippen LogP contribution in [0.25, 0.3) is 0 Å². The number of hydrogen-bond acceptors (Lipinski definition) is 7. The van der Waals surface area contributed by atoms with Crippen molar-refractivity contribution in [1.29, 1.82) is 5.41 Å². The van der Waals surface area contributed by atoms with Gasteiger partial charge in [0, 0.05) is 31.6 Å². The highest BCUT2D eigenvalue weighted by Crippen LogP contribution is 2.34. The van der Waals surface area contributed by atoms with Crippen LogP contribution in [0.1, 0.15) is 44.3 Å². The Kier molecular flexibility index (Phi) is 4.83. The molecule has 2 aromatic heterocycles. The van der Waals surface area contributed by atoms with Crippen molar-refractivity contribution in [1.82, 2.24) is 25.0 Å². The van der Waals surface area contributed by atoms with Crippen molar-refractivity contribution in [3.05, 3.63) is 23.3 Å². The maximum absolute atomic E-state index is 13.8. The van der Waals surface area contributed by atoms with Crippen molar-refractivity contribution >= 4 is 17.9 Å². The highest BCUT2D eigenvalue weighted by atomic mass is 19.3. The molecule has 1 aliphatic heterocycles. The van der Waals surface area contributed by atoms with E-state index in [2.05, 4.69) is 25.6 Å². The first-order valence-corrected chi connectivity index (χ1v) is 8.74. The molecule has 1 aliphatic rings. The standard InChI is InChI=1S/C17H24F2N8/c1-16(2,3)15-23-13(21-8-11-9-22-25-26(11)4)12(7-20)14(24-15)27-6-5-17(18,19)10-27/h7,9,20H,5-6,8,10H2,1-4H3,(H,21,23,24). The first-order chi connectivity index (χ1) is 12.6. The summed E-state index contributed by atoms with van der Waals surface area (Å²) in [5, 5.41) is 18.7. The van der Waals surface area contributed by atoms with E-state index in [1.807, 2.05) is 20.8 Å². The zero-order chi connectivity index (χ0) is 19.8. The van der Waals surface area contributed by atoms with Gasteiger partial charge in [0.15, 0.2) is 0 Å². The molecule has 0 amide bonds. The smallest absolute Gasteiger partial charge is 0.266 e. The van der Waals surface area contributed by atoms with Gasteiger partial charge in [0.25, 0.3) is 5.92 Å². The number of nitrogens with zero attached hydrogens (tertiary/aromatic N) is 6. The second-order valence-electron chi connectivity index (χ2n) is 7.76. The summed E-state index contributed by atoms with van der Waals surface area (Å²) in [6, 6.07) is 0.